The van der Waals surface area contributed by atoms with Crippen molar-refractivity contribution in [2.45, 2.75) is 13.0 Å². The van der Waals surface area contributed by atoms with Crippen LogP contribution >= 0.6 is 15.9 Å². The van der Waals surface area contributed by atoms with Crippen LogP contribution in [0, 0.1) is 0 Å². The third-order valence-electron chi connectivity index (χ3n) is 2.10. The average molecular weight is 298 g/mol. The topological polar surface area (TPSA) is 22.1 Å². The molecule has 0 radical (unpaired) electrons. The monoisotopic (exact) mass is 297 g/mol. The lowest BCUT2D eigenvalue weighted by molar-refractivity contribution is 0.136. The van der Waals surface area contributed by atoms with Crippen molar-refractivity contribution in [2.75, 3.05) is 0 Å². The molecular formula is C13H13BrFNO. The van der Waals surface area contributed by atoms with Gasteiger partial charge in [-0.1, -0.05) is 13.2 Å². The first-order chi connectivity index (χ1) is 8.08. The number of halogens is 2. The van der Waals surface area contributed by atoms with Crippen LogP contribution in [-0.4, -0.2) is 4.98 Å². The molecule has 1 rings (SSSR count). The van der Waals surface area contributed by atoms with Crippen LogP contribution in [0.15, 0.2) is 59.8 Å². The number of nitrogens with zero attached hydrogens (tertiary/aromatic N) is 1. The highest BCUT2D eigenvalue weighted by atomic mass is 79.9. The Bertz CT molecular complexity index is 456. The van der Waals surface area contributed by atoms with Crippen molar-refractivity contribution in [2.24, 2.45) is 0 Å². The Kier molecular flexibility index (Phi) is 5.10. The van der Waals surface area contributed by atoms with Crippen LogP contribution in [0.1, 0.15) is 18.6 Å². The van der Waals surface area contributed by atoms with Gasteiger partial charge in [-0.05, 0) is 41.1 Å². The molecule has 2 nitrogen and oxygen atoms in total. The molecule has 0 aromatic carbocycles. The van der Waals surface area contributed by atoms with E-state index in [0.717, 1.165) is 16.1 Å². The Balaban J connectivity index is 2.89. The lowest BCUT2D eigenvalue weighted by atomic mass is 10.2. The largest absolute Gasteiger partial charge is 0.483 e. The summed E-state index contributed by atoms with van der Waals surface area (Å²) in [5.74, 6) is -0.456. The Hall–Kier alpha value is -1.42. The van der Waals surface area contributed by atoms with Crippen LogP contribution in [-0.2, 0) is 4.74 Å². The first-order valence-corrected chi connectivity index (χ1v) is 5.79. The number of aromatic nitrogens is 1. The molecule has 1 aromatic heterocycles. The van der Waals surface area contributed by atoms with Crippen molar-refractivity contribution in [3.05, 3.63) is 65.4 Å². The van der Waals surface area contributed by atoms with Crippen LogP contribution in [0.5, 0.6) is 0 Å². The van der Waals surface area contributed by atoms with Crippen LogP contribution in [0.25, 0.3) is 0 Å². The van der Waals surface area contributed by atoms with E-state index >= 15 is 0 Å². The molecule has 0 saturated carbocycles. The smallest absolute Gasteiger partial charge is 0.164 e. The minimum Gasteiger partial charge on any atom is -0.483 e. The van der Waals surface area contributed by atoms with E-state index in [0.29, 0.717) is 0 Å². The third-order valence-corrected chi connectivity index (χ3v) is 2.53. The van der Waals surface area contributed by atoms with Gasteiger partial charge in [-0.3, -0.25) is 4.98 Å². The zero-order chi connectivity index (χ0) is 12.8. The maximum absolute atomic E-state index is 13.3. The predicted molar refractivity (Wildman–Crippen MR) is 70.0 cm³/mol. The van der Waals surface area contributed by atoms with Crippen molar-refractivity contribution in [1.29, 1.82) is 0 Å². The van der Waals surface area contributed by atoms with Crippen molar-refractivity contribution < 1.29 is 9.13 Å². The van der Waals surface area contributed by atoms with Gasteiger partial charge in [0.25, 0.3) is 0 Å². The Morgan fingerprint density at radius 2 is 2.18 bits per heavy atom. The number of pyridine rings is 1. The average Bonchev–Trinajstić information content (AvgIpc) is 2.34. The molecule has 1 unspecified atom stereocenters. The van der Waals surface area contributed by atoms with Crippen molar-refractivity contribution >= 4 is 15.9 Å². The molecule has 0 amide bonds. The fraction of sp³-hybridized carbons (Fsp3) is 0.154. The quantitative estimate of drug-likeness (QED) is 0.591. The second kappa shape index (κ2) is 6.35. The summed E-state index contributed by atoms with van der Waals surface area (Å²) in [5.41, 5.74) is 0.843. The Morgan fingerprint density at radius 3 is 2.71 bits per heavy atom. The number of hydrogen-bond acceptors (Lipinski definition) is 2. The van der Waals surface area contributed by atoms with Gasteiger partial charge < -0.3 is 4.74 Å². The summed E-state index contributed by atoms with van der Waals surface area (Å²) in [6, 6.07) is 1.87. The van der Waals surface area contributed by atoms with E-state index < -0.39 is 5.83 Å². The number of rotatable bonds is 5. The number of ether oxygens (including phenoxy) is 1. The van der Waals surface area contributed by atoms with Crippen LogP contribution in [0.4, 0.5) is 4.39 Å². The maximum Gasteiger partial charge on any atom is 0.164 e. The second-order valence-corrected chi connectivity index (χ2v) is 4.23. The summed E-state index contributed by atoms with van der Waals surface area (Å²) in [6.07, 6.45) is 5.42. The molecular weight excluding hydrogens is 285 g/mol. The van der Waals surface area contributed by atoms with Gasteiger partial charge in [-0.15, -0.1) is 0 Å². The van der Waals surface area contributed by atoms with Crippen molar-refractivity contribution in [3.8, 4) is 0 Å². The number of hydrogen-bond donors (Lipinski definition) is 0. The van der Waals surface area contributed by atoms with Gasteiger partial charge >= 0.3 is 0 Å². The van der Waals surface area contributed by atoms with Gasteiger partial charge in [-0.25, -0.2) is 4.39 Å². The fourth-order valence-electron chi connectivity index (χ4n) is 1.21. The van der Waals surface area contributed by atoms with Gasteiger partial charge in [0, 0.05) is 22.4 Å². The summed E-state index contributed by atoms with van der Waals surface area (Å²) in [6.45, 7) is 8.65. The van der Waals surface area contributed by atoms with Crippen LogP contribution in [0.3, 0.4) is 0 Å². The number of allylic oxidation sites excluding steroid dienone is 3. The Morgan fingerprint density at radius 1 is 1.47 bits per heavy atom. The first-order valence-electron chi connectivity index (χ1n) is 5.00. The van der Waals surface area contributed by atoms with E-state index in [1.165, 1.54) is 6.08 Å². The zero-order valence-corrected chi connectivity index (χ0v) is 11.1. The van der Waals surface area contributed by atoms with Gasteiger partial charge in [-0.2, -0.15) is 0 Å². The molecule has 1 aromatic rings. The minimum absolute atomic E-state index is 0.0764. The van der Waals surface area contributed by atoms with Crippen LogP contribution in [0.2, 0.25) is 0 Å². The molecule has 0 bridgehead atoms. The molecule has 0 aliphatic rings. The lowest BCUT2D eigenvalue weighted by Gasteiger charge is -2.15. The molecule has 90 valence electrons. The van der Waals surface area contributed by atoms with Gasteiger partial charge in [0.1, 0.15) is 6.10 Å². The van der Waals surface area contributed by atoms with Crippen molar-refractivity contribution in [1.82, 2.24) is 4.98 Å². The SMILES string of the molecule is C=C/C(F)=C(\C=C)OC(C)c1cncc(Br)c1. The van der Waals surface area contributed by atoms with E-state index in [1.807, 2.05) is 13.0 Å². The van der Waals surface area contributed by atoms with Gasteiger partial charge in [0.15, 0.2) is 11.6 Å². The minimum atomic E-state index is -0.533. The molecule has 1 atom stereocenters. The third kappa shape index (κ3) is 3.82. The normalized spacial score (nSPS) is 13.6. The summed E-state index contributed by atoms with van der Waals surface area (Å²) in [7, 11) is 0. The van der Waals surface area contributed by atoms with Crippen molar-refractivity contribution in [3.63, 3.8) is 0 Å². The predicted octanol–water partition coefficient (Wildman–Crippen LogP) is 4.47. The van der Waals surface area contributed by atoms with Crippen LogP contribution < -0.4 is 0 Å². The summed E-state index contributed by atoms with van der Waals surface area (Å²) in [4.78, 5) is 4.02. The molecule has 0 aliphatic heterocycles. The molecule has 0 N–H and O–H groups in total. The first kappa shape index (κ1) is 13.6. The Labute approximate surface area is 109 Å². The zero-order valence-electron chi connectivity index (χ0n) is 9.49. The summed E-state index contributed by atoms with van der Waals surface area (Å²) < 4.78 is 19.6. The molecule has 1 heterocycles. The highest BCUT2D eigenvalue weighted by Crippen LogP contribution is 2.24. The van der Waals surface area contributed by atoms with E-state index in [9.17, 15) is 4.39 Å². The van der Waals surface area contributed by atoms with Gasteiger partial charge in [0.2, 0.25) is 0 Å². The maximum atomic E-state index is 13.3. The second-order valence-electron chi connectivity index (χ2n) is 3.32. The summed E-state index contributed by atoms with van der Waals surface area (Å²) in [5, 5.41) is 0. The van der Waals surface area contributed by atoms with E-state index in [1.54, 1.807) is 12.4 Å². The fourth-order valence-corrected chi connectivity index (χ4v) is 1.59. The molecule has 4 heteroatoms. The molecule has 0 fully saturated rings. The standard InChI is InChI=1S/C13H13BrFNO/c1-4-12(15)13(5-2)17-9(3)10-6-11(14)8-16-7-10/h4-9H,1-2H2,3H3/b13-12-. The van der Waals surface area contributed by atoms with E-state index in [-0.39, 0.29) is 11.9 Å². The van der Waals surface area contributed by atoms with Gasteiger partial charge in [0.05, 0.1) is 0 Å². The highest BCUT2D eigenvalue weighted by Gasteiger charge is 2.10. The molecule has 0 saturated heterocycles. The molecule has 0 spiro atoms. The lowest BCUT2D eigenvalue weighted by Crippen LogP contribution is -2.00. The van der Waals surface area contributed by atoms with E-state index in [2.05, 4.69) is 34.1 Å². The summed E-state index contributed by atoms with van der Waals surface area (Å²) >= 11 is 3.32. The molecule has 0 aliphatic carbocycles. The highest BCUT2D eigenvalue weighted by molar-refractivity contribution is 9.10. The van der Waals surface area contributed by atoms with E-state index in [4.69, 9.17) is 4.74 Å². The molecule has 17 heavy (non-hydrogen) atoms.